The average molecular weight is 183 g/mol. The number of likely N-dealkylation sites (tertiary alicyclic amines) is 1. The SMILES string of the molecule is CCC1(C)CCN(C)CC1C(C)C. The van der Waals surface area contributed by atoms with Crippen molar-refractivity contribution in [3.05, 3.63) is 0 Å². The number of nitrogens with zero attached hydrogens (tertiary/aromatic N) is 1. The minimum Gasteiger partial charge on any atom is -0.306 e. The van der Waals surface area contributed by atoms with E-state index < -0.39 is 0 Å². The van der Waals surface area contributed by atoms with Crippen molar-refractivity contribution in [1.29, 1.82) is 0 Å². The Morgan fingerprint density at radius 2 is 2.08 bits per heavy atom. The van der Waals surface area contributed by atoms with Crippen molar-refractivity contribution in [1.82, 2.24) is 4.90 Å². The molecule has 2 unspecified atom stereocenters. The summed E-state index contributed by atoms with van der Waals surface area (Å²) in [5, 5.41) is 0. The molecule has 0 aromatic rings. The van der Waals surface area contributed by atoms with Crippen LogP contribution in [-0.2, 0) is 0 Å². The summed E-state index contributed by atoms with van der Waals surface area (Å²) < 4.78 is 0. The molecule has 0 aromatic carbocycles. The summed E-state index contributed by atoms with van der Waals surface area (Å²) in [7, 11) is 2.25. The van der Waals surface area contributed by atoms with Gasteiger partial charge in [0.05, 0.1) is 0 Å². The van der Waals surface area contributed by atoms with E-state index in [1.165, 1.54) is 25.9 Å². The van der Waals surface area contributed by atoms with Crippen LogP contribution in [0.5, 0.6) is 0 Å². The van der Waals surface area contributed by atoms with Gasteiger partial charge in [0.15, 0.2) is 0 Å². The molecule has 0 N–H and O–H groups in total. The van der Waals surface area contributed by atoms with Crippen molar-refractivity contribution < 1.29 is 0 Å². The highest BCUT2D eigenvalue weighted by molar-refractivity contribution is 4.89. The Hall–Kier alpha value is -0.0400. The topological polar surface area (TPSA) is 3.24 Å². The molecule has 1 nitrogen and oxygen atoms in total. The molecule has 78 valence electrons. The van der Waals surface area contributed by atoms with Gasteiger partial charge in [-0.25, -0.2) is 0 Å². The van der Waals surface area contributed by atoms with Crippen LogP contribution in [0.4, 0.5) is 0 Å². The normalized spacial score (nSPS) is 36.9. The van der Waals surface area contributed by atoms with Gasteiger partial charge in [-0.1, -0.05) is 34.1 Å². The van der Waals surface area contributed by atoms with Gasteiger partial charge in [-0.2, -0.15) is 0 Å². The minimum atomic E-state index is 0.598. The fourth-order valence-corrected chi connectivity index (χ4v) is 2.73. The molecule has 0 aliphatic carbocycles. The Morgan fingerprint density at radius 1 is 1.46 bits per heavy atom. The molecule has 2 atom stereocenters. The maximum absolute atomic E-state index is 2.49. The van der Waals surface area contributed by atoms with Crippen LogP contribution in [0.1, 0.15) is 40.5 Å². The number of rotatable bonds is 2. The van der Waals surface area contributed by atoms with E-state index >= 15 is 0 Å². The standard InChI is InChI=1S/C12H25N/c1-6-12(4)7-8-13(5)9-11(12)10(2)3/h10-11H,6-9H2,1-5H3. The second-order valence-electron chi connectivity index (χ2n) is 5.37. The van der Waals surface area contributed by atoms with Gasteiger partial charge in [0.2, 0.25) is 0 Å². The maximum atomic E-state index is 2.49. The van der Waals surface area contributed by atoms with Crippen LogP contribution in [0.2, 0.25) is 0 Å². The molecule has 1 aliphatic rings. The zero-order valence-electron chi connectivity index (χ0n) is 9.93. The van der Waals surface area contributed by atoms with E-state index in [1.54, 1.807) is 0 Å². The Morgan fingerprint density at radius 3 is 2.54 bits per heavy atom. The van der Waals surface area contributed by atoms with Gasteiger partial charge in [0.1, 0.15) is 0 Å². The van der Waals surface area contributed by atoms with Crippen LogP contribution in [0, 0.1) is 17.3 Å². The fourth-order valence-electron chi connectivity index (χ4n) is 2.73. The Kier molecular flexibility index (Phi) is 3.39. The molecule has 1 aliphatic heterocycles. The molecule has 0 spiro atoms. The summed E-state index contributed by atoms with van der Waals surface area (Å²) in [5.41, 5.74) is 0.598. The van der Waals surface area contributed by atoms with Crippen LogP contribution in [-0.4, -0.2) is 25.0 Å². The van der Waals surface area contributed by atoms with Gasteiger partial charge in [0, 0.05) is 6.54 Å². The Balaban J connectivity index is 2.72. The zero-order chi connectivity index (χ0) is 10.1. The summed E-state index contributed by atoms with van der Waals surface area (Å²) in [4.78, 5) is 2.49. The summed E-state index contributed by atoms with van der Waals surface area (Å²) in [5.74, 6) is 1.71. The molecule has 0 radical (unpaired) electrons. The van der Waals surface area contributed by atoms with Crippen molar-refractivity contribution in [2.24, 2.45) is 17.3 Å². The summed E-state index contributed by atoms with van der Waals surface area (Å²) in [6, 6.07) is 0. The molecule has 1 rings (SSSR count). The van der Waals surface area contributed by atoms with Crippen LogP contribution in [0.15, 0.2) is 0 Å². The Bertz CT molecular complexity index is 165. The highest BCUT2D eigenvalue weighted by Gasteiger charge is 2.38. The van der Waals surface area contributed by atoms with E-state index in [-0.39, 0.29) is 0 Å². The van der Waals surface area contributed by atoms with Gasteiger partial charge in [0.25, 0.3) is 0 Å². The smallest absolute Gasteiger partial charge is 0.00143 e. The van der Waals surface area contributed by atoms with E-state index in [4.69, 9.17) is 0 Å². The summed E-state index contributed by atoms with van der Waals surface area (Å²) >= 11 is 0. The van der Waals surface area contributed by atoms with Crippen molar-refractivity contribution in [2.75, 3.05) is 20.1 Å². The maximum Gasteiger partial charge on any atom is 0.00143 e. The van der Waals surface area contributed by atoms with Gasteiger partial charge in [-0.3, -0.25) is 0 Å². The van der Waals surface area contributed by atoms with Gasteiger partial charge in [-0.15, -0.1) is 0 Å². The van der Waals surface area contributed by atoms with E-state index in [1.807, 2.05) is 0 Å². The van der Waals surface area contributed by atoms with E-state index in [0.29, 0.717) is 5.41 Å². The lowest BCUT2D eigenvalue weighted by Crippen LogP contribution is -2.46. The van der Waals surface area contributed by atoms with E-state index in [9.17, 15) is 0 Å². The van der Waals surface area contributed by atoms with Crippen molar-refractivity contribution in [3.8, 4) is 0 Å². The minimum absolute atomic E-state index is 0.598. The first-order valence-corrected chi connectivity index (χ1v) is 5.68. The quantitative estimate of drug-likeness (QED) is 0.636. The lowest BCUT2D eigenvalue weighted by molar-refractivity contribution is 0.0280. The Labute approximate surface area is 83.5 Å². The largest absolute Gasteiger partial charge is 0.306 e. The first kappa shape index (κ1) is 11.0. The molecule has 1 heterocycles. The monoisotopic (exact) mass is 183 g/mol. The first-order valence-electron chi connectivity index (χ1n) is 5.68. The van der Waals surface area contributed by atoms with Crippen LogP contribution in [0.25, 0.3) is 0 Å². The molecule has 1 fully saturated rings. The lowest BCUT2D eigenvalue weighted by Gasteiger charge is -2.46. The molecule has 0 amide bonds. The predicted octanol–water partition coefficient (Wildman–Crippen LogP) is 3.01. The zero-order valence-corrected chi connectivity index (χ0v) is 9.93. The molecule has 0 saturated carbocycles. The molecular formula is C12H25N. The first-order chi connectivity index (χ1) is 5.99. The van der Waals surface area contributed by atoms with Crippen LogP contribution in [0.3, 0.4) is 0 Å². The summed E-state index contributed by atoms with van der Waals surface area (Å²) in [6.45, 7) is 12.1. The molecule has 1 heteroatoms. The lowest BCUT2D eigenvalue weighted by atomic mass is 9.66. The third-order valence-electron chi connectivity index (χ3n) is 4.08. The van der Waals surface area contributed by atoms with Crippen molar-refractivity contribution in [2.45, 2.75) is 40.5 Å². The number of hydrogen-bond acceptors (Lipinski definition) is 1. The van der Waals surface area contributed by atoms with Gasteiger partial charge < -0.3 is 4.90 Å². The van der Waals surface area contributed by atoms with E-state index in [0.717, 1.165) is 11.8 Å². The van der Waals surface area contributed by atoms with Gasteiger partial charge >= 0.3 is 0 Å². The second-order valence-corrected chi connectivity index (χ2v) is 5.37. The molecular weight excluding hydrogens is 158 g/mol. The predicted molar refractivity (Wildman–Crippen MR) is 58.8 cm³/mol. The molecule has 0 bridgehead atoms. The molecule has 13 heavy (non-hydrogen) atoms. The number of piperidine rings is 1. The number of hydrogen-bond donors (Lipinski definition) is 0. The average Bonchev–Trinajstić information content (AvgIpc) is 2.09. The van der Waals surface area contributed by atoms with Crippen molar-refractivity contribution >= 4 is 0 Å². The third kappa shape index (κ3) is 2.25. The molecule has 1 saturated heterocycles. The highest BCUT2D eigenvalue weighted by Crippen LogP contribution is 2.42. The van der Waals surface area contributed by atoms with Crippen LogP contribution < -0.4 is 0 Å². The summed E-state index contributed by atoms with van der Waals surface area (Å²) in [6.07, 6.45) is 2.71. The third-order valence-corrected chi connectivity index (χ3v) is 4.08. The van der Waals surface area contributed by atoms with E-state index in [2.05, 4.69) is 39.6 Å². The van der Waals surface area contributed by atoms with Crippen LogP contribution >= 0.6 is 0 Å². The second kappa shape index (κ2) is 4.00. The highest BCUT2D eigenvalue weighted by atomic mass is 15.1. The van der Waals surface area contributed by atoms with Crippen molar-refractivity contribution in [3.63, 3.8) is 0 Å². The molecule has 0 aromatic heterocycles. The fraction of sp³-hybridized carbons (Fsp3) is 1.00. The van der Waals surface area contributed by atoms with Gasteiger partial charge in [-0.05, 0) is 37.3 Å².